The summed E-state index contributed by atoms with van der Waals surface area (Å²) in [5.41, 5.74) is 0. The second kappa shape index (κ2) is 6.55. The van der Waals surface area contributed by atoms with E-state index in [4.69, 9.17) is 16.1 Å². The highest BCUT2D eigenvalue weighted by Gasteiger charge is 1.81. The third kappa shape index (κ3) is 150. The first-order chi connectivity index (χ1) is 4.41. The maximum absolute atomic E-state index is 9.19. The minimum Gasteiger partial charge on any atom is -0.395 e. The first kappa shape index (κ1) is 12.1. The van der Waals surface area contributed by atoms with Crippen LogP contribution in [-0.4, -0.2) is 30.9 Å². The van der Waals surface area contributed by atoms with Crippen LogP contribution in [0.5, 0.6) is 0 Å². The zero-order valence-corrected chi connectivity index (χ0v) is 6.43. The summed E-state index contributed by atoms with van der Waals surface area (Å²) in [5, 5.41) is 7.92. The fourth-order valence-corrected chi connectivity index (χ4v) is 0.0645. The highest BCUT2D eigenvalue weighted by Crippen LogP contribution is 1.62. The predicted molar refractivity (Wildman–Crippen MR) is 38.0 cm³/mol. The first-order valence-electron chi connectivity index (χ1n) is 2.38. The summed E-state index contributed by atoms with van der Waals surface area (Å²) in [6.07, 6.45) is 5.92. The highest BCUT2D eigenvalue weighted by molar-refractivity contribution is 7.85. The molecule has 0 rings (SSSR count). The SMILES string of the molecule is C#CCCO.CS(=O)(=O)O. The molecule has 0 spiro atoms. The molecular weight excluding hydrogens is 156 g/mol. The quantitative estimate of drug-likeness (QED) is 0.407. The number of rotatable bonds is 1. The molecule has 0 bridgehead atoms. The molecule has 5 heteroatoms. The summed E-state index contributed by atoms with van der Waals surface area (Å²) < 4.78 is 25.9. The van der Waals surface area contributed by atoms with E-state index < -0.39 is 10.1 Å². The summed E-state index contributed by atoms with van der Waals surface area (Å²) in [6, 6.07) is 0. The molecule has 4 nitrogen and oxygen atoms in total. The van der Waals surface area contributed by atoms with E-state index in [0.29, 0.717) is 12.7 Å². The highest BCUT2D eigenvalue weighted by atomic mass is 32.2. The van der Waals surface area contributed by atoms with Gasteiger partial charge >= 0.3 is 0 Å². The topological polar surface area (TPSA) is 74.6 Å². The lowest BCUT2D eigenvalue weighted by Gasteiger charge is -1.70. The summed E-state index contributed by atoms with van der Waals surface area (Å²) in [4.78, 5) is 0. The van der Waals surface area contributed by atoms with Crippen molar-refractivity contribution in [1.29, 1.82) is 0 Å². The first-order valence-corrected chi connectivity index (χ1v) is 4.23. The normalized spacial score (nSPS) is 9.00. The van der Waals surface area contributed by atoms with E-state index in [0.717, 1.165) is 0 Å². The minimum atomic E-state index is -3.67. The van der Waals surface area contributed by atoms with Crippen LogP contribution < -0.4 is 0 Å². The van der Waals surface area contributed by atoms with Crippen LogP contribution in [0.4, 0.5) is 0 Å². The van der Waals surface area contributed by atoms with Gasteiger partial charge in [0.05, 0.1) is 12.9 Å². The van der Waals surface area contributed by atoms with E-state index in [2.05, 4.69) is 5.92 Å². The zero-order valence-electron chi connectivity index (χ0n) is 5.61. The largest absolute Gasteiger partial charge is 0.395 e. The van der Waals surface area contributed by atoms with Crippen molar-refractivity contribution in [3.8, 4) is 12.3 Å². The van der Waals surface area contributed by atoms with Crippen LogP contribution in [0, 0.1) is 12.3 Å². The van der Waals surface area contributed by atoms with E-state index in [1.54, 1.807) is 0 Å². The predicted octanol–water partition coefficient (Wildman–Crippen LogP) is -0.494. The number of hydrogen-bond donors (Lipinski definition) is 2. The lowest BCUT2D eigenvalue weighted by Crippen LogP contribution is -1.88. The maximum atomic E-state index is 9.19. The van der Waals surface area contributed by atoms with E-state index >= 15 is 0 Å². The van der Waals surface area contributed by atoms with Gasteiger partial charge in [-0.05, 0) is 0 Å². The Kier molecular flexibility index (Phi) is 7.95. The summed E-state index contributed by atoms with van der Waals surface area (Å²) in [7, 11) is -3.67. The Labute approximate surface area is 60.6 Å². The van der Waals surface area contributed by atoms with Gasteiger partial charge < -0.3 is 5.11 Å². The van der Waals surface area contributed by atoms with Gasteiger partial charge in [-0.25, -0.2) is 0 Å². The van der Waals surface area contributed by atoms with Crippen molar-refractivity contribution in [3.63, 3.8) is 0 Å². The molecule has 0 aromatic rings. The maximum Gasteiger partial charge on any atom is 0.261 e. The second-order valence-corrected chi connectivity index (χ2v) is 2.88. The molecule has 0 aliphatic carbocycles. The molecule has 0 aliphatic heterocycles. The number of aliphatic hydroxyl groups is 1. The van der Waals surface area contributed by atoms with Gasteiger partial charge in [-0.2, -0.15) is 8.42 Å². The third-order valence-electron chi connectivity index (χ3n) is 0.256. The molecule has 0 aliphatic rings. The molecule has 0 aromatic heterocycles. The molecule has 0 saturated heterocycles. The van der Waals surface area contributed by atoms with Gasteiger partial charge in [-0.3, -0.25) is 4.55 Å². The van der Waals surface area contributed by atoms with Gasteiger partial charge in [-0.15, -0.1) is 12.3 Å². The molecule has 0 atom stereocenters. The fraction of sp³-hybridized carbons (Fsp3) is 0.600. The summed E-state index contributed by atoms with van der Waals surface area (Å²) in [6.45, 7) is 0.108. The lowest BCUT2D eigenvalue weighted by molar-refractivity contribution is 0.305. The fourth-order valence-electron chi connectivity index (χ4n) is 0.0645. The average molecular weight is 166 g/mol. The molecule has 10 heavy (non-hydrogen) atoms. The van der Waals surface area contributed by atoms with Crippen molar-refractivity contribution in [1.82, 2.24) is 0 Å². The van der Waals surface area contributed by atoms with Crippen molar-refractivity contribution in [3.05, 3.63) is 0 Å². The van der Waals surface area contributed by atoms with Gasteiger partial charge in [-0.1, -0.05) is 0 Å². The van der Waals surface area contributed by atoms with Crippen molar-refractivity contribution < 1.29 is 18.1 Å². The van der Waals surface area contributed by atoms with Crippen molar-refractivity contribution in [2.75, 3.05) is 12.9 Å². The average Bonchev–Trinajstić information content (AvgIpc) is 1.63. The molecule has 0 heterocycles. The van der Waals surface area contributed by atoms with Gasteiger partial charge in [0.1, 0.15) is 0 Å². The monoisotopic (exact) mass is 166 g/mol. The zero-order chi connectivity index (χ0) is 8.62. The van der Waals surface area contributed by atoms with E-state index in [9.17, 15) is 8.42 Å². The van der Waals surface area contributed by atoms with Crippen LogP contribution in [0.1, 0.15) is 6.42 Å². The molecule has 0 radical (unpaired) electrons. The standard InChI is InChI=1S/C4H6O.CH4O3S/c1-2-3-4-5;1-5(2,3)4/h1,5H,3-4H2;1H3,(H,2,3,4). The molecule has 0 amide bonds. The van der Waals surface area contributed by atoms with Crippen LogP contribution in [0.25, 0.3) is 0 Å². The third-order valence-corrected chi connectivity index (χ3v) is 0.256. The Morgan fingerprint density at radius 2 is 1.90 bits per heavy atom. The lowest BCUT2D eigenvalue weighted by atomic mass is 10.5. The molecule has 0 aromatic carbocycles. The Bertz CT molecular complexity index is 178. The van der Waals surface area contributed by atoms with Crippen molar-refractivity contribution in [2.45, 2.75) is 6.42 Å². The van der Waals surface area contributed by atoms with Gasteiger partial charge in [0.2, 0.25) is 0 Å². The summed E-state index contributed by atoms with van der Waals surface area (Å²) >= 11 is 0. The molecule has 2 N–H and O–H groups in total. The van der Waals surface area contributed by atoms with Crippen LogP contribution in [-0.2, 0) is 10.1 Å². The van der Waals surface area contributed by atoms with Gasteiger partial charge in [0.15, 0.2) is 0 Å². The van der Waals surface area contributed by atoms with Gasteiger partial charge in [0.25, 0.3) is 10.1 Å². The van der Waals surface area contributed by atoms with E-state index in [1.807, 2.05) is 0 Å². The Balaban J connectivity index is 0. The number of hydrogen-bond acceptors (Lipinski definition) is 3. The smallest absolute Gasteiger partial charge is 0.261 e. The van der Waals surface area contributed by atoms with Crippen molar-refractivity contribution >= 4 is 10.1 Å². The molecular formula is C5H10O4S. The minimum absolute atomic E-state index is 0.108. The Morgan fingerprint density at radius 3 is 1.90 bits per heavy atom. The molecule has 0 saturated carbocycles. The molecule has 60 valence electrons. The summed E-state index contributed by atoms with van der Waals surface area (Å²) in [5.74, 6) is 2.27. The Morgan fingerprint density at radius 1 is 1.60 bits per heavy atom. The Hall–Kier alpha value is -0.570. The number of terminal acetylenes is 1. The van der Waals surface area contributed by atoms with E-state index in [1.165, 1.54) is 0 Å². The van der Waals surface area contributed by atoms with Crippen molar-refractivity contribution in [2.24, 2.45) is 0 Å². The van der Waals surface area contributed by atoms with E-state index in [-0.39, 0.29) is 6.61 Å². The van der Waals surface area contributed by atoms with Crippen LogP contribution in [0.2, 0.25) is 0 Å². The second-order valence-electron chi connectivity index (χ2n) is 1.41. The van der Waals surface area contributed by atoms with Crippen LogP contribution in [0.15, 0.2) is 0 Å². The number of aliphatic hydroxyl groups excluding tert-OH is 1. The molecule has 0 unspecified atom stereocenters. The molecule has 0 fully saturated rings. The van der Waals surface area contributed by atoms with Crippen LogP contribution in [0.3, 0.4) is 0 Å². The van der Waals surface area contributed by atoms with Crippen LogP contribution >= 0.6 is 0 Å². The van der Waals surface area contributed by atoms with Gasteiger partial charge in [0, 0.05) is 6.42 Å².